The average Bonchev–Trinajstić information content (AvgIpc) is 2.47. The summed E-state index contributed by atoms with van der Waals surface area (Å²) in [6.45, 7) is 5.24. The normalized spacial score (nSPS) is 34.3. The highest BCUT2D eigenvalue weighted by Crippen LogP contribution is 2.44. The number of aliphatic hydroxyl groups is 1. The summed E-state index contributed by atoms with van der Waals surface area (Å²) < 4.78 is 5.33. The molecule has 1 fully saturated rings. The van der Waals surface area contributed by atoms with Gasteiger partial charge in [0, 0.05) is 19.6 Å². The van der Waals surface area contributed by atoms with Crippen molar-refractivity contribution in [2.75, 3.05) is 7.11 Å². The largest absolute Gasteiger partial charge is 0.504 e. The van der Waals surface area contributed by atoms with Gasteiger partial charge in [-0.25, -0.2) is 0 Å². The molecule has 0 saturated heterocycles. The van der Waals surface area contributed by atoms with E-state index in [1.54, 1.807) is 7.11 Å². The molecule has 4 unspecified atom stereocenters. The second-order valence-electron chi connectivity index (χ2n) is 5.72. The van der Waals surface area contributed by atoms with Crippen LogP contribution in [0.5, 0.6) is 0 Å². The second-order valence-corrected chi connectivity index (χ2v) is 5.72. The Morgan fingerprint density at radius 3 is 2.57 bits per heavy atom. The van der Waals surface area contributed by atoms with E-state index in [9.17, 15) is 14.7 Å². The van der Waals surface area contributed by atoms with Crippen LogP contribution in [0, 0.1) is 17.8 Å². The zero-order valence-electron chi connectivity index (χ0n) is 12.9. The van der Waals surface area contributed by atoms with Gasteiger partial charge < -0.3 is 9.84 Å². The molecule has 2 aliphatic carbocycles. The highest BCUT2D eigenvalue weighted by atomic mass is 16.5. The Bertz CT molecular complexity index is 553. The summed E-state index contributed by atoms with van der Waals surface area (Å²) >= 11 is 0. The standard InChI is InChI=1S/C17H22O4/c1-5-12-9(2)15(16(19)10(3)18)17(20)13-7-6-11(21-4)8-14(12)13/h6-9,11-13,19H,5H2,1-4H3/b16-15-. The maximum atomic E-state index is 12.7. The lowest BCUT2D eigenvalue weighted by Gasteiger charge is -2.38. The van der Waals surface area contributed by atoms with Crippen molar-refractivity contribution in [3.8, 4) is 0 Å². The zero-order valence-corrected chi connectivity index (χ0v) is 12.9. The number of hydrogen-bond donors (Lipinski definition) is 1. The minimum atomic E-state index is -0.456. The third-order valence-electron chi connectivity index (χ3n) is 4.54. The summed E-state index contributed by atoms with van der Waals surface area (Å²) in [5.74, 6) is -1.43. The lowest BCUT2D eigenvalue weighted by Crippen LogP contribution is -2.38. The molecule has 2 rings (SSSR count). The number of fused-ring (bicyclic) bond motifs is 1. The predicted molar refractivity (Wildman–Crippen MR) is 79.8 cm³/mol. The molecule has 0 radical (unpaired) electrons. The van der Waals surface area contributed by atoms with Gasteiger partial charge in [0.2, 0.25) is 0 Å². The molecule has 0 spiro atoms. The van der Waals surface area contributed by atoms with Crippen molar-refractivity contribution >= 4 is 11.6 Å². The smallest absolute Gasteiger partial charge is 0.194 e. The Labute approximate surface area is 125 Å². The average molecular weight is 290 g/mol. The molecule has 0 aliphatic heterocycles. The first-order valence-corrected chi connectivity index (χ1v) is 7.33. The molecule has 0 aromatic carbocycles. The van der Waals surface area contributed by atoms with Gasteiger partial charge in [0.25, 0.3) is 0 Å². The van der Waals surface area contributed by atoms with Crippen LogP contribution in [-0.2, 0) is 14.3 Å². The van der Waals surface area contributed by atoms with Crippen molar-refractivity contribution in [2.24, 2.45) is 17.8 Å². The Morgan fingerprint density at radius 1 is 1.38 bits per heavy atom. The number of rotatable bonds is 3. The minimum absolute atomic E-state index is 0.114. The number of carbonyl (C=O) groups is 2. The number of methoxy groups -OCH3 is 1. The van der Waals surface area contributed by atoms with E-state index in [-0.39, 0.29) is 41.0 Å². The van der Waals surface area contributed by atoms with Gasteiger partial charge in [-0.2, -0.15) is 0 Å². The molecule has 4 atom stereocenters. The molecule has 0 aromatic rings. The molecule has 4 heteroatoms. The topological polar surface area (TPSA) is 63.6 Å². The molecule has 114 valence electrons. The Balaban J connectivity index is 2.52. The van der Waals surface area contributed by atoms with E-state index in [0.29, 0.717) is 0 Å². The van der Waals surface area contributed by atoms with Gasteiger partial charge in [0.1, 0.15) is 0 Å². The molecule has 1 saturated carbocycles. The molecule has 21 heavy (non-hydrogen) atoms. The first-order chi connectivity index (χ1) is 9.92. The first-order valence-electron chi connectivity index (χ1n) is 7.33. The highest BCUT2D eigenvalue weighted by molar-refractivity contribution is 6.08. The summed E-state index contributed by atoms with van der Waals surface area (Å²) in [6.07, 6.45) is 6.40. The summed E-state index contributed by atoms with van der Waals surface area (Å²) in [5.41, 5.74) is 1.32. The monoisotopic (exact) mass is 290 g/mol. The van der Waals surface area contributed by atoms with Crippen LogP contribution >= 0.6 is 0 Å². The molecule has 4 nitrogen and oxygen atoms in total. The van der Waals surface area contributed by atoms with Gasteiger partial charge in [-0.3, -0.25) is 9.59 Å². The quantitative estimate of drug-likeness (QED) is 0.493. The number of ether oxygens (including phenoxy) is 1. The third kappa shape index (κ3) is 2.60. The van der Waals surface area contributed by atoms with Crippen molar-refractivity contribution in [3.05, 3.63) is 35.1 Å². The van der Waals surface area contributed by atoms with E-state index in [2.05, 4.69) is 6.92 Å². The van der Waals surface area contributed by atoms with E-state index >= 15 is 0 Å². The molecular formula is C17H22O4. The fourth-order valence-corrected chi connectivity index (χ4v) is 3.41. The predicted octanol–water partition coefficient (Wildman–Crippen LogP) is 2.76. The fourth-order valence-electron chi connectivity index (χ4n) is 3.41. The van der Waals surface area contributed by atoms with Crippen molar-refractivity contribution in [2.45, 2.75) is 33.3 Å². The molecule has 0 amide bonds. The lowest BCUT2D eigenvalue weighted by molar-refractivity contribution is -0.121. The van der Waals surface area contributed by atoms with Crippen LogP contribution in [0.2, 0.25) is 0 Å². The van der Waals surface area contributed by atoms with Crippen LogP contribution in [-0.4, -0.2) is 29.9 Å². The van der Waals surface area contributed by atoms with E-state index in [1.807, 2.05) is 25.2 Å². The number of allylic oxidation sites excluding steroid dienone is 4. The van der Waals surface area contributed by atoms with Gasteiger partial charge in [-0.05, 0) is 18.3 Å². The molecular weight excluding hydrogens is 268 g/mol. The maximum Gasteiger partial charge on any atom is 0.194 e. The minimum Gasteiger partial charge on any atom is -0.504 e. The molecule has 0 aromatic heterocycles. The van der Waals surface area contributed by atoms with Crippen molar-refractivity contribution in [3.63, 3.8) is 0 Å². The van der Waals surface area contributed by atoms with Crippen LogP contribution in [0.4, 0.5) is 0 Å². The second kappa shape index (κ2) is 5.98. The van der Waals surface area contributed by atoms with Crippen molar-refractivity contribution in [1.82, 2.24) is 0 Å². The van der Waals surface area contributed by atoms with E-state index in [0.717, 1.165) is 12.0 Å². The molecule has 0 bridgehead atoms. The zero-order chi connectivity index (χ0) is 15.7. The number of Topliss-reactive ketones (excluding diaryl/α,β-unsaturated/α-hetero) is 2. The SMILES string of the molecule is CCC1C2=CC(OC)C=CC2C(=O)/C(=C(\O)C(C)=O)C1C. The van der Waals surface area contributed by atoms with Crippen LogP contribution in [0.3, 0.4) is 0 Å². The van der Waals surface area contributed by atoms with Crippen LogP contribution < -0.4 is 0 Å². The third-order valence-corrected chi connectivity index (χ3v) is 4.54. The lowest BCUT2D eigenvalue weighted by atomic mass is 9.64. The van der Waals surface area contributed by atoms with Gasteiger partial charge >= 0.3 is 0 Å². The molecule has 0 heterocycles. The summed E-state index contributed by atoms with van der Waals surface area (Å²) in [7, 11) is 1.63. The maximum absolute atomic E-state index is 12.7. The summed E-state index contributed by atoms with van der Waals surface area (Å²) in [6, 6.07) is 0. The van der Waals surface area contributed by atoms with E-state index in [1.165, 1.54) is 6.92 Å². The van der Waals surface area contributed by atoms with Gasteiger partial charge in [-0.1, -0.05) is 37.6 Å². The highest BCUT2D eigenvalue weighted by Gasteiger charge is 2.43. The number of ketones is 2. The van der Waals surface area contributed by atoms with E-state index < -0.39 is 5.78 Å². The Kier molecular flexibility index (Phi) is 4.47. The Hall–Kier alpha value is -1.68. The number of carbonyl (C=O) groups excluding carboxylic acids is 2. The van der Waals surface area contributed by atoms with Crippen LogP contribution in [0.15, 0.2) is 35.1 Å². The van der Waals surface area contributed by atoms with Gasteiger partial charge in [0.15, 0.2) is 17.3 Å². The van der Waals surface area contributed by atoms with Gasteiger partial charge in [0.05, 0.1) is 12.0 Å². The molecule has 1 N–H and O–H groups in total. The Morgan fingerprint density at radius 2 is 2.05 bits per heavy atom. The first kappa shape index (κ1) is 15.7. The summed E-state index contributed by atoms with van der Waals surface area (Å²) in [4.78, 5) is 24.1. The fraction of sp³-hybridized carbons (Fsp3) is 0.529. The van der Waals surface area contributed by atoms with Crippen molar-refractivity contribution < 1.29 is 19.4 Å². The summed E-state index contributed by atoms with van der Waals surface area (Å²) in [5, 5.41) is 10.0. The van der Waals surface area contributed by atoms with Crippen molar-refractivity contribution in [1.29, 1.82) is 0 Å². The molecule has 2 aliphatic rings. The van der Waals surface area contributed by atoms with Gasteiger partial charge in [-0.15, -0.1) is 0 Å². The number of hydrogen-bond acceptors (Lipinski definition) is 4. The van der Waals surface area contributed by atoms with E-state index in [4.69, 9.17) is 4.74 Å². The number of aliphatic hydroxyl groups excluding tert-OH is 1. The van der Waals surface area contributed by atoms with Crippen LogP contribution in [0.25, 0.3) is 0 Å². The van der Waals surface area contributed by atoms with Crippen LogP contribution in [0.1, 0.15) is 27.2 Å².